The van der Waals surface area contributed by atoms with Crippen molar-refractivity contribution < 1.29 is 27.4 Å². The molecule has 0 aliphatic rings. The molecular weight excluding hydrogens is 383 g/mol. The van der Waals surface area contributed by atoms with Crippen molar-refractivity contribution in [1.82, 2.24) is 14.6 Å². The van der Waals surface area contributed by atoms with Crippen LogP contribution in [0.2, 0.25) is 0 Å². The molecule has 3 aromatic rings. The molecule has 0 aliphatic heterocycles. The summed E-state index contributed by atoms with van der Waals surface area (Å²) < 4.78 is 50.8. The smallest absolute Gasteiger partial charge is 0.431 e. The van der Waals surface area contributed by atoms with Crippen LogP contribution in [-0.2, 0) is 16.7 Å². The Bertz CT molecular complexity index is 971. The lowest BCUT2D eigenvalue weighted by atomic mass is 10.2. The van der Waals surface area contributed by atoms with E-state index in [1.807, 2.05) is 0 Å². The highest BCUT2D eigenvalue weighted by molar-refractivity contribution is 7.98. The number of carbonyl (C=O) groups excluding carboxylic acids is 1. The zero-order valence-corrected chi connectivity index (χ0v) is 15.1. The number of carbonyl (C=O) groups is 1. The van der Waals surface area contributed by atoms with E-state index < -0.39 is 17.8 Å². The number of fused-ring (bicyclic) bond motifs is 1. The van der Waals surface area contributed by atoms with E-state index in [0.717, 1.165) is 41.0 Å². The summed E-state index contributed by atoms with van der Waals surface area (Å²) in [4.78, 5) is 11.8. The van der Waals surface area contributed by atoms with Gasteiger partial charge in [-0.2, -0.15) is 13.2 Å². The van der Waals surface area contributed by atoms with E-state index in [-0.39, 0.29) is 16.4 Å². The van der Waals surface area contributed by atoms with Crippen molar-refractivity contribution >= 4 is 23.4 Å². The van der Waals surface area contributed by atoms with Crippen molar-refractivity contribution in [2.45, 2.75) is 17.1 Å². The molecule has 2 heterocycles. The minimum atomic E-state index is -4.63. The number of hydrogen-bond donors (Lipinski definition) is 0. The molecule has 6 nitrogen and oxygen atoms in total. The zero-order valence-electron chi connectivity index (χ0n) is 14.3. The fourth-order valence-electron chi connectivity index (χ4n) is 2.43. The van der Waals surface area contributed by atoms with Crippen LogP contribution >= 0.6 is 11.8 Å². The molecule has 0 fully saturated rings. The third kappa shape index (κ3) is 3.85. The van der Waals surface area contributed by atoms with Crippen LogP contribution in [-0.4, -0.2) is 34.8 Å². The number of ether oxygens (including phenoxy) is 2. The first-order valence-electron chi connectivity index (χ1n) is 7.64. The van der Waals surface area contributed by atoms with Gasteiger partial charge in [0, 0.05) is 5.75 Å². The second-order valence-electron chi connectivity index (χ2n) is 5.40. The SMILES string of the molecule is COC(=O)c1ccc(C(F)(F)F)n2c(SCc3ccc(OC)cc3)nnc12. The van der Waals surface area contributed by atoms with Gasteiger partial charge in [0.15, 0.2) is 10.8 Å². The number of rotatable bonds is 5. The van der Waals surface area contributed by atoms with Gasteiger partial charge in [-0.05, 0) is 29.8 Å². The Hall–Kier alpha value is -2.75. The van der Waals surface area contributed by atoms with Crippen molar-refractivity contribution in [2.24, 2.45) is 0 Å². The van der Waals surface area contributed by atoms with E-state index in [4.69, 9.17) is 4.74 Å². The molecule has 3 rings (SSSR count). The van der Waals surface area contributed by atoms with Gasteiger partial charge < -0.3 is 9.47 Å². The molecule has 0 spiro atoms. The first-order valence-corrected chi connectivity index (χ1v) is 8.63. The third-order valence-electron chi connectivity index (χ3n) is 3.75. The predicted octanol–water partition coefficient (Wildman–Crippen LogP) is 3.84. The number of methoxy groups -OCH3 is 2. The molecule has 0 N–H and O–H groups in total. The summed E-state index contributed by atoms with van der Waals surface area (Å²) in [7, 11) is 2.69. The first-order chi connectivity index (χ1) is 12.8. The number of aromatic nitrogens is 3. The number of thioether (sulfide) groups is 1. The molecule has 142 valence electrons. The zero-order chi connectivity index (χ0) is 19.6. The maximum absolute atomic E-state index is 13.4. The predicted molar refractivity (Wildman–Crippen MR) is 91.9 cm³/mol. The number of halogens is 3. The largest absolute Gasteiger partial charge is 0.497 e. The molecule has 1 aromatic carbocycles. The first kappa shape index (κ1) is 19.0. The lowest BCUT2D eigenvalue weighted by Gasteiger charge is -2.12. The number of benzene rings is 1. The van der Waals surface area contributed by atoms with Crippen molar-refractivity contribution in [3.05, 3.63) is 53.2 Å². The molecule has 27 heavy (non-hydrogen) atoms. The number of nitrogens with zero attached hydrogens (tertiary/aromatic N) is 3. The van der Waals surface area contributed by atoms with Crippen LogP contribution in [0.3, 0.4) is 0 Å². The van der Waals surface area contributed by atoms with Gasteiger partial charge in [-0.1, -0.05) is 23.9 Å². The number of alkyl halides is 3. The fourth-order valence-corrected chi connectivity index (χ4v) is 3.33. The normalized spacial score (nSPS) is 11.6. The highest BCUT2D eigenvalue weighted by atomic mass is 32.2. The van der Waals surface area contributed by atoms with E-state index >= 15 is 0 Å². The molecule has 0 aliphatic carbocycles. The molecule has 0 saturated carbocycles. The van der Waals surface area contributed by atoms with E-state index in [0.29, 0.717) is 11.5 Å². The second-order valence-corrected chi connectivity index (χ2v) is 6.34. The summed E-state index contributed by atoms with van der Waals surface area (Å²) in [6.45, 7) is 0. The maximum Gasteiger partial charge on any atom is 0.431 e. The van der Waals surface area contributed by atoms with E-state index in [9.17, 15) is 18.0 Å². The van der Waals surface area contributed by atoms with E-state index in [2.05, 4.69) is 14.9 Å². The summed E-state index contributed by atoms with van der Waals surface area (Å²) in [5, 5.41) is 7.64. The van der Waals surface area contributed by atoms with Gasteiger partial charge in [-0.3, -0.25) is 4.40 Å². The molecule has 0 bridgehead atoms. The molecule has 0 radical (unpaired) electrons. The Labute approximate surface area is 156 Å². The number of hydrogen-bond acceptors (Lipinski definition) is 6. The van der Waals surface area contributed by atoms with Crippen LogP contribution in [0.15, 0.2) is 41.6 Å². The van der Waals surface area contributed by atoms with Gasteiger partial charge in [0.2, 0.25) is 0 Å². The van der Waals surface area contributed by atoms with Gasteiger partial charge in [-0.25, -0.2) is 4.79 Å². The second kappa shape index (κ2) is 7.47. The molecular formula is C17H14F3N3O3S. The average molecular weight is 397 g/mol. The minimum Gasteiger partial charge on any atom is -0.497 e. The van der Waals surface area contributed by atoms with Crippen molar-refractivity contribution in [2.75, 3.05) is 14.2 Å². The monoisotopic (exact) mass is 397 g/mol. The Morgan fingerprint density at radius 2 is 1.81 bits per heavy atom. The molecule has 10 heteroatoms. The van der Waals surface area contributed by atoms with Gasteiger partial charge in [0.1, 0.15) is 17.0 Å². The summed E-state index contributed by atoms with van der Waals surface area (Å²) in [5.74, 6) is 0.261. The molecule has 0 saturated heterocycles. The van der Waals surface area contributed by atoms with Crippen molar-refractivity contribution in [3.63, 3.8) is 0 Å². The number of pyridine rings is 1. The topological polar surface area (TPSA) is 65.7 Å². The van der Waals surface area contributed by atoms with E-state index in [1.54, 1.807) is 31.4 Å². The molecule has 2 aromatic heterocycles. The lowest BCUT2D eigenvalue weighted by molar-refractivity contribution is -0.142. The van der Waals surface area contributed by atoms with Gasteiger partial charge in [-0.15, -0.1) is 10.2 Å². The van der Waals surface area contributed by atoms with Crippen LogP contribution < -0.4 is 4.74 Å². The van der Waals surface area contributed by atoms with Gasteiger partial charge in [0.25, 0.3) is 0 Å². The van der Waals surface area contributed by atoms with Gasteiger partial charge in [0.05, 0.1) is 14.2 Å². The van der Waals surface area contributed by atoms with Crippen molar-refractivity contribution in [3.8, 4) is 5.75 Å². The molecule has 0 unspecified atom stereocenters. The Morgan fingerprint density at radius 1 is 1.11 bits per heavy atom. The Kier molecular flexibility index (Phi) is 5.26. The van der Waals surface area contributed by atoms with E-state index in [1.165, 1.54) is 0 Å². The fraction of sp³-hybridized carbons (Fsp3) is 0.235. The van der Waals surface area contributed by atoms with Crippen LogP contribution in [0.25, 0.3) is 5.65 Å². The van der Waals surface area contributed by atoms with Crippen molar-refractivity contribution in [1.29, 1.82) is 0 Å². The quantitative estimate of drug-likeness (QED) is 0.482. The van der Waals surface area contributed by atoms with Crippen LogP contribution in [0.1, 0.15) is 21.6 Å². The third-order valence-corrected chi connectivity index (χ3v) is 4.75. The minimum absolute atomic E-state index is 0.0268. The Balaban J connectivity index is 2.00. The highest BCUT2D eigenvalue weighted by Crippen LogP contribution is 2.34. The van der Waals surface area contributed by atoms with Crippen LogP contribution in [0.5, 0.6) is 5.75 Å². The maximum atomic E-state index is 13.4. The number of esters is 1. The summed E-state index contributed by atoms with van der Waals surface area (Å²) in [5.41, 5.74) is -0.384. The van der Waals surface area contributed by atoms with Crippen LogP contribution in [0, 0.1) is 0 Å². The molecule has 0 atom stereocenters. The lowest BCUT2D eigenvalue weighted by Crippen LogP contribution is -2.14. The summed E-state index contributed by atoms with van der Waals surface area (Å²) in [6.07, 6.45) is -4.63. The van der Waals surface area contributed by atoms with Crippen LogP contribution in [0.4, 0.5) is 13.2 Å². The summed E-state index contributed by atoms with van der Waals surface area (Å²) in [6, 6.07) is 8.98. The summed E-state index contributed by atoms with van der Waals surface area (Å²) >= 11 is 1.08. The highest BCUT2D eigenvalue weighted by Gasteiger charge is 2.36. The Morgan fingerprint density at radius 3 is 2.41 bits per heavy atom. The standard InChI is InChI=1S/C17H14F3N3O3S/c1-25-11-5-3-10(4-6-11)9-27-16-22-21-14-12(15(24)26-2)7-8-13(23(14)16)17(18,19)20/h3-8H,9H2,1-2H3. The molecule has 0 amide bonds. The van der Waals surface area contributed by atoms with Gasteiger partial charge >= 0.3 is 12.1 Å². The average Bonchev–Trinajstić information content (AvgIpc) is 3.08.